The quantitative estimate of drug-likeness (QED) is 0.646. The van der Waals surface area contributed by atoms with Crippen molar-refractivity contribution in [1.29, 1.82) is 0 Å². The first kappa shape index (κ1) is 15.9. The van der Waals surface area contributed by atoms with Crippen molar-refractivity contribution in [1.82, 2.24) is 9.97 Å². The molecule has 2 heterocycles. The van der Waals surface area contributed by atoms with Gasteiger partial charge < -0.3 is 24.4 Å². The van der Waals surface area contributed by atoms with Gasteiger partial charge in [-0.2, -0.15) is 4.98 Å². The Balaban J connectivity index is 1.93. The zero-order chi connectivity index (χ0) is 17.3. The van der Waals surface area contributed by atoms with Crippen LogP contribution in [0.15, 0.2) is 24.4 Å². The van der Waals surface area contributed by atoms with Crippen LogP contribution in [0.25, 0.3) is 4.85 Å². The van der Waals surface area contributed by atoms with Crippen LogP contribution in [0.5, 0.6) is 11.6 Å². The highest BCUT2D eigenvalue weighted by atomic mass is 16.5. The second kappa shape index (κ2) is 6.27. The summed E-state index contributed by atoms with van der Waals surface area (Å²) in [6.45, 7) is 8.69. The van der Waals surface area contributed by atoms with E-state index >= 15 is 0 Å². The first-order valence-corrected chi connectivity index (χ1v) is 7.06. The van der Waals surface area contributed by atoms with Gasteiger partial charge >= 0.3 is 19.0 Å². The third-order valence-electron chi connectivity index (χ3n) is 3.57. The fourth-order valence-corrected chi connectivity index (χ4v) is 2.66. The standard InChI is InChI=1S/C15H12BN3O5/c1-8-5-9(23-12-3-4-18-15(17-2)19-12)6-10-14(8)11(7-13(20)21)24-16(10)22/h3-6,11,22H,7H2,1H3,(H,20,21). The third kappa shape index (κ3) is 3.06. The maximum atomic E-state index is 10.9. The van der Waals surface area contributed by atoms with Crippen molar-refractivity contribution in [2.24, 2.45) is 0 Å². The lowest BCUT2D eigenvalue weighted by Gasteiger charge is -2.13. The first-order chi connectivity index (χ1) is 11.5. The van der Waals surface area contributed by atoms with Crippen molar-refractivity contribution in [2.45, 2.75) is 19.4 Å². The van der Waals surface area contributed by atoms with Gasteiger partial charge in [0.1, 0.15) is 5.75 Å². The minimum atomic E-state index is -1.21. The molecule has 0 fully saturated rings. The van der Waals surface area contributed by atoms with E-state index in [1.807, 2.05) is 0 Å². The van der Waals surface area contributed by atoms with Gasteiger partial charge in [-0.3, -0.25) is 4.79 Å². The molecule has 1 aromatic carbocycles. The van der Waals surface area contributed by atoms with Crippen LogP contribution in [-0.4, -0.2) is 33.2 Å². The molecule has 0 amide bonds. The van der Waals surface area contributed by atoms with Gasteiger partial charge in [0.15, 0.2) is 0 Å². The molecule has 8 nitrogen and oxygen atoms in total. The summed E-state index contributed by atoms with van der Waals surface area (Å²) in [7, 11) is -1.21. The van der Waals surface area contributed by atoms with Gasteiger partial charge in [-0.05, 0) is 35.6 Å². The number of aryl methyl sites for hydroxylation is 1. The van der Waals surface area contributed by atoms with Crippen LogP contribution >= 0.6 is 0 Å². The monoisotopic (exact) mass is 325 g/mol. The number of ether oxygens (including phenoxy) is 1. The van der Waals surface area contributed by atoms with E-state index in [0.29, 0.717) is 16.8 Å². The highest BCUT2D eigenvalue weighted by Crippen LogP contribution is 2.32. The van der Waals surface area contributed by atoms with Gasteiger partial charge in [-0.25, -0.2) is 0 Å². The zero-order valence-corrected chi connectivity index (χ0v) is 12.6. The van der Waals surface area contributed by atoms with Gasteiger partial charge in [0.05, 0.1) is 24.8 Å². The molecule has 2 N–H and O–H groups in total. The summed E-state index contributed by atoms with van der Waals surface area (Å²) >= 11 is 0. The van der Waals surface area contributed by atoms with Gasteiger partial charge in [-0.1, -0.05) is 0 Å². The maximum Gasteiger partial charge on any atom is 0.492 e. The van der Waals surface area contributed by atoms with Crippen LogP contribution < -0.4 is 10.2 Å². The van der Waals surface area contributed by atoms with E-state index in [4.69, 9.17) is 21.1 Å². The highest BCUT2D eigenvalue weighted by molar-refractivity contribution is 6.62. The van der Waals surface area contributed by atoms with E-state index in [1.54, 1.807) is 19.1 Å². The van der Waals surface area contributed by atoms with E-state index in [1.165, 1.54) is 12.3 Å². The Morgan fingerprint density at radius 1 is 1.54 bits per heavy atom. The number of carboxylic acids is 1. The van der Waals surface area contributed by atoms with Gasteiger partial charge in [0.25, 0.3) is 5.88 Å². The largest absolute Gasteiger partial charge is 0.492 e. The molecule has 1 unspecified atom stereocenters. The molecule has 1 aliphatic heterocycles. The van der Waals surface area contributed by atoms with E-state index < -0.39 is 19.2 Å². The predicted octanol–water partition coefficient (Wildman–Crippen LogP) is 1.36. The number of aliphatic carboxylic acids is 1. The van der Waals surface area contributed by atoms with Gasteiger partial charge in [-0.15, -0.1) is 11.6 Å². The van der Waals surface area contributed by atoms with E-state index in [9.17, 15) is 9.82 Å². The normalized spacial score (nSPS) is 15.7. The minimum absolute atomic E-state index is 0.0322. The van der Waals surface area contributed by atoms with Crippen LogP contribution in [0.4, 0.5) is 5.95 Å². The smallest absolute Gasteiger partial charge is 0.481 e. The average Bonchev–Trinajstić information content (AvgIpc) is 2.83. The summed E-state index contributed by atoms with van der Waals surface area (Å²) in [5, 5.41) is 19.0. The molecule has 0 bridgehead atoms. The number of hydrogen-bond donors (Lipinski definition) is 2. The minimum Gasteiger partial charge on any atom is -0.481 e. The summed E-state index contributed by atoms with van der Waals surface area (Å²) in [6, 6.07) is 4.79. The summed E-state index contributed by atoms with van der Waals surface area (Å²) in [5.74, 6) is -0.437. The molecule has 3 rings (SSSR count). The number of carbonyl (C=O) groups is 1. The SMILES string of the molecule is [C-]#[N+]c1nccc(Oc2cc(C)c3c(c2)B(O)OC3CC(=O)O)n1. The Labute approximate surface area is 137 Å². The van der Waals surface area contributed by atoms with Crippen molar-refractivity contribution >= 4 is 24.5 Å². The molecule has 0 aliphatic carbocycles. The molecule has 2 aromatic rings. The number of rotatable bonds is 4. The second-order valence-electron chi connectivity index (χ2n) is 5.23. The van der Waals surface area contributed by atoms with Gasteiger partial charge in [0.2, 0.25) is 0 Å². The molecule has 1 atom stereocenters. The summed E-state index contributed by atoms with van der Waals surface area (Å²) in [5.41, 5.74) is 1.86. The Morgan fingerprint density at radius 2 is 2.33 bits per heavy atom. The van der Waals surface area contributed by atoms with Crippen molar-refractivity contribution in [3.05, 3.63) is 46.9 Å². The summed E-state index contributed by atoms with van der Waals surface area (Å²) in [6.07, 6.45) is 0.483. The van der Waals surface area contributed by atoms with Crippen LogP contribution in [-0.2, 0) is 9.45 Å². The van der Waals surface area contributed by atoms with Crippen molar-refractivity contribution in [3.8, 4) is 11.6 Å². The highest BCUT2D eigenvalue weighted by Gasteiger charge is 2.37. The number of hydrogen-bond acceptors (Lipinski definition) is 6. The lowest BCUT2D eigenvalue weighted by atomic mass is 9.77. The molecular weight excluding hydrogens is 313 g/mol. The lowest BCUT2D eigenvalue weighted by Crippen LogP contribution is -2.28. The number of fused-ring (bicyclic) bond motifs is 1. The molecule has 9 heteroatoms. The summed E-state index contributed by atoms with van der Waals surface area (Å²) in [4.78, 5) is 21.7. The first-order valence-electron chi connectivity index (χ1n) is 7.06. The molecule has 0 spiro atoms. The average molecular weight is 325 g/mol. The van der Waals surface area contributed by atoms with Crippen molar-refractivity contribution in [2.75, 3.05) is 0 Å². The number of nitrogens with zero attached hydrogens (tertiary/aromatic N) is 3. The molecule has 1 aliphatic rings. The lowest BCUT2D eigenvalue weighted by molar-refractivity contribution is -0.138. The zero-order valence-electron chi connectivity index (χ0n) is 12.6. The van der Waals surface area contributed by atoms with Gasteiger partial charge in [0, 0.05) is 0 Å². The van der Waals surface area contributed by atoms with Crippen LogP contribution in [0, 0.1) is 13.5 Å². The number of benzene rings is 1. The van der Waals surface area contributed by atoms with Crippen molar-refractivity contribution in [3.63, 3.8) is 0 Å². The Kier molecular flexibility index (Phi) is 4.16. The van der Waals surface area contributed by atoms with Crippen LogP contribution in [0.2, 0.25) is 0 Å². The van der Waals surface area contributed by atoms with E-state index in [0.717, 1.165) is 5.56 Å². The fraction of sp³-hybridized carbons (Fsp3) is 0.200. The van der Waals surface area contributed by atoms with Crippen LogP contribution in [0.3, 0.4) is 0 Å². The third-order valence-corrected chi connectivity index (χ3v) is 3.57. The molecular formula is C15H12BN3O5. The Hall–Kier alpha value is -2.96. The fourth-order valence-electron chi connectivity index (χ4n) is 2.66. The Morgan fingerprint density at radius 3 is 3.04 bits per heavy atom. The molecule has 0 saturated carbocycles. The molecule has 0 radical (unpaired) electrons. The summed E-state index contributed by atoms with van der Waals surface area (Å²) < 4.78 is 10.9. The predicted molar refractivity (Wildman–Crippen MR) is 83.2 cm³/mol. The molecule has 24 heavy (non-hydrogen) atoms. The second-order valence-corrected chi connectivity index (χ2v) is 5.23. The van der Waals surface area contributed by atoms with Crippen molar-refractivity contribution < 1.29 is 24.3 Å². The number of aromatic nitrogens is 2. The van der Waals surface area contributed by atoms with Crippen LogP contribution in [0.1, 0.15) is 23.7 Å². The molecule has 1 aromatic heterocycles. The molecule has 0 saturated heterocycles. The Bertz CT molecular complexity index is 851. The maximum absolute atomic E-state index is 10.9. The van der Waals surface area contributed by atoms with E-state index in [2.05, 4.69) is 14.8 Å². The number of carboxylic acid groups (broad SMARTS) is 1. The van der Waals surface area contributed by atoms with E-state index in [-0.39, 0.29) is 18.2 Å². The topological polar surface area (TPSA) is 106 Å². The molecule has 120 valence electrons.